The zero-order valence-electron chi connectivity index (χ0n) is 40.7. The highest BCUT2D eigenvalue weighted by atomic mass is 16.7. The quantitative estimate of drug-likeness (QED) is 0.0265. The maximum Gasteiger partial charge on any atom is 0.306 e. The molecule has 10 heteroatoms. The second-order valence-corrected chi connectivity index (χ2v) is 17.2. The predicted octanol–water partition coefficient (Wildman–Crippen LogP) is 12.1. The minimum Gasteiger partial charge on any atom is -0.462 e. The molecule has 2 unspecified atom stereocenters. The van der Waals surface area contributed by atoms with Gasteiger partial charge in [0.15, 0.2) is 12.4 Å². The number of ether oxygens (including phenoxy) is 4. The van der Waals surface area contributed by atoms with E-state index < -0.39 is 55.4 Å². The van der Waals surface area contributed by atoms with Crippen LogP contribution >= 0.6 is 0 Å². The van der Waals surface area contributed by atoms with Gasteiger partial charge < -0.3 is 39.4 Å². The van der Waals surface area contributed by atoms with Gasteiger partial charge in [0.05, 0.1) is 13.2 Å². The van der Waals surface area contributed by atoms with Crippen molar-refractivity contribution in [1.29, 1.82) is 0 Å². The van der Waals surface area contributed by atoms with Gasteiger partial charge >= 0.3 is 11.9 Å². The van der Waals surface area contributed by atoms with E-state index in [-0.39, 0.29) is 26.1 Å². The van der Waals surface area contributed by atoms with Gasteiger partial charge in [-0.1, -0.05) is 189 Å². The van der Waals surface area contributed by atoms with Crippen LogP contribution in [0.1, 0.15) is 194 Å². The first kappa shape index (κ1) is 59.9. The summed E-state index contributed by atoms with van der Waals surface area (Å²) < 4.78 is 22.1. The molecule has 10 nitrogen and oxygen atoms in total. The minimum absolute atomic E-state index is 0.101. The Morgan fingerprint density at radius 1 is 0.492 bits per heavy atom. The number of rotatable bonds is 42. The van der Waals surface area contributed by atoms with Crippen molar-refractivity contribution in [2.24, 2.45) is 0 Å². The first-order valence-corrected chi connectivity index (χ1v) is 25.7. The Morgan fingerprint density at radius 2 is 0.938 bits per heavy atom. The molecule has 0 amide bonds. The highest BCUT2D eigenvalue weighted by Crippen LogP contribution is 2.22. The van der Waals surface area contributed by atoms with Gasteiger partial charge in [0, 0.05) is 12.8 Å². The summed E-state index contributed by atoms with van der Waals surface area (Å²) >= 11 is 0. The van der Waals surface area contributed by atoms with Crippen LogP contribution in [-0.4, -0.2) is 89.0 Å². The molecule has 1 aliphatic rings. The van der Waals surface area contributed by atoms with E-state index in [1.54, 1.807) is 0 Å². The van der Waals surface area contributed by atoms with E-state index in [1.165, 1.54) is 96.3 Å². The molecule has 0 aromatic heterocycles. The smallest absolute Gasteiger partial charge is 0.306 e. The lowest BCUT2D eigenvalue weighted by Crippen LogP contribution is -2.59. The normalized spacial score (nSPS) is 20.0. The molecule has 0 aromatic carbocycles. The Morgan fingerprint density at radius 3 is 1.43 bits per heavy atom. The third-order valence-corrected chi connectivity index (χ3v) is 11.3. The zero-order chi connectivity index (χ0) is 47.3. The van der Waals surface area contributed by atoms with Crippen molar-refractivity contribution in [3.8, 4) is 0 Å². The number of allylic oxidation sites excluding steroid dienone is 14. The fourth-order valence-electron chi connectivity index (χ4n) is 7.27. The molecule has 0 radical (unpaired) electrons. The highest BCUT2D eigenvalue weighted by Gasteiger charge is 2.44. The average Bonchev–Trinajstić information content (AvgIpc) is 3.30. The first-order chi connectivity index (χ1) is 31.8. The van der Waals surface area contributed by atoms with Gasteiger partial charge in [-0.05, 0) is 77.0 Å². The van der Waals surface area contributed by atoms with E-state index >= 15 is 0 Å². The van der Waals surface area contributed by atoms with Crippen LogP contribution in [0.5, 0.6) is 0 Å². The van der Waals surface area contributed by atoms with Crippen molar-refractivity contribution >= 4 is 11.9 Å². The number of carbonyl (C=O) groups excluding carboxylic acids is 2. The molecule has 1 rings (SSSR count). The van der Waals surface area contributed by atoms with Gasteiger partial charge in [0.2, 0.25) is 0 Å². The van der Waals surface area contributed by atoms with Crippen molar-refractivity contribution in [1.82, 2.24) is 0 Å². The maximum absolute atomic E-state index is 12.8. The van der Waals surface area contributed by atoms with Crippen LogP contribution in [0.3, 0.4) is 0 Å². The van der Waals surface area contributed by atoms with Crippen LogP contribution in [0.2, 0.25) is 0 Å². The summed E-state index contributed by atoms with van der Waals surface area (Å²) in [6.45, 7) is 3.24. The van der Waals surface area contributed by atoms with Crippen LogP contribution in [0.15, 0.2) is 85.1 Å². The summed E-state index contributed by atoms with van der Waals surface area (Å²) in [7, 11) is 0. The van der Waals surface area contributed by atoms with E-state index in [0.29, 0.717) is 12.8 Å². The Bertz CT molecular complexity index is 1330. The van der Waals surface area contributed by atoms with Gasteiger partial charge in [-0.15, -0.1) is 0 Å². The van der Waals surface area contributed by atoms with Crippen LogP contribution in [-0.2, 0) is 28.5 Å². The second kappa shape index (κ2) is 44.7. The number of esters is 2. The highest BCUT2D eigenvalue weighted by molar-refractivity contribution is 5.70. The lowest BCUT2D eigenvalue weighted by molar-refractivity contribution is -0.305. The van der Waals surface area contributed by atoms with Gasteiger partial charge in [-0.2, -0.15) is 0 Å². The number of unbranched alkanes of at least 4 members (excludes halogenated alkanes) is 17. The number of hydrogen-bond acceptors (Lipinski definition) is 10. The van der Waals surface area contributed by atoms with Crippen LogP contribution < -0.4 is 0 Å². The second-order valence-electron chi connectivity index (χ2n) is 17.2. The minimum atomic E-state index is -1.61. The molecule has 1 aliphatic heterocycles. The lowest BCUT2D eigenvalue weighted by atomic mass is 9.99. The van der Waals surface area contributed by atoms with E-state index in [4.69, 9.17) is 18.9 Å². The Hall–Kier alpha value is -3.12. The summed E-state index contributed by atoms with van der Waals surface area (Å²) in [5.41, 5.74) is 0. The summed E-state index contributed by atoms with van der Waals surface area (Å²) in [5.74, 6) is -0.907. The Kier molecular flexibility index (Phi) is 41.2. The number of aliphatic hydroxyl groups is 4. The monoisotopic (exact) mass is 913 g/mol. The fourth-order valence-corrected chi connectivity index (χ4v) is 7.27. The SMILES string of the molecule is CC/C=C/C/C=C/C/C=C/C/C=C/C/C=C/C/C=C/CCC(=O)O[C@@H](COC(=O)CCCCCCCCCCCCC/C=C/CCCCCCCC)CO[C@H]1O[C@@H](CO)[C@@H](O)C(O)C1O. The standard InChI is InChI=1S/C55H92O10/c1-3-5-7-9-11-13-15-17-19-21-23-24-26-27-29-31-33-35-37-39-41-43-50(57)62-46-48(47-63-55-54(61)53(60)52(59)49(45-56)65-55)64-51(58)44-42-40-38-36-34-32-30-28-25-22-20-18-16-14-12-10-8-6-4-2/h6,8,12,14,17-20,25,28,32,34,38,40,48-49,52-56,59-61H,3-5,7,9-11,13,15-16,21-24,26-27,29-31,33,35-37,39,41-47H2,1-2H3/b8-6+,14-12+,19-17+,20-18+,28-25+,34-32+,40-38+/t48-,49-,52+,53?,54?,55-/m0/s1. The molecule has 0 bridgehead atoms. The molecule has 1 saturated heterocycles. The molecule has 1 fully saturated rings. The molecular formula is C55H92O10. The lowest BCUT2D eigenvalue weighted by Gasteiger charge is -2.39. The molecule has 65 heavy (non-hydrogen) atoms. The van der Waals surface area contributed by atoms with Crippen LogP contribution in [0, 0.1) is 0 Å². The summed E-state index contributed by atoms with van der Waals surface area (Å²) in [4.78, 5) is 25.4. The van der Waals surface area contributed by atoms with E-state index in [0.717, 1.165) is 57.8 Å². The fraction of sp³-hybridized carbons (Fsp3) is 0.709. The summed E-state index contributed by atoms with van der Waals surface area (Å²) in [5, 5.41) is 40.2. The van der Waals surface area contributed by atoms with Gasteiger partial charge in [-0.25, -0.2) is 0 Å². The predicted molar refractivity (Wildman–Crippen MR) is 265 cm³/mol. The van der Waals surface area contributed by atoms with E-state index in [9.17, 15) is 30.0 Å². The van der Waals surface area contributed by atoms with Gasteiger partial charge in [0.25, 0.3) is 0 Å². The molecule has 6 atom stereocenters. The number of carbonyl (C=O) groups is 2. The zero-order valence-corrected chi connectivity index (χ0v) is 40.7. The van der Waals surface area contributed by atoms with Crippen LogP contribution in [0.25, 0.3) is 0 Å². The molecule has 1 heterocycles. The third kappa shape index (κ3) is 35.7. The first-order valence-electron chi connectivity index (χ1n) is 25.7. The summed E-state index contributed by atoms with van der Waals surface area (Å²) in [6, 6.07) is 0. The Labute approximate surface area is 395 Å². The van der Waals surface area contributed by atoms with E-state index in [1.807, 2.05) is 12.2 Å². The maximum atomic E-state index is 12.8. The van der Waals surface area contributed by atoms with Gasteiger partial charge in [0.1, 0.15) is 31.0 Å². The molecule has 0 aliphatic carbocycles. The van der Waals surface area contributed by atoms with Crippen molar-refractivity contribution in [3.63, 3.8) is 0 Å². The third-order valence-electron chi connectivity index (χ3n) is 11.3. The van der Waals surface area contributed by atoms with Crippen LogP contribution in [0.4, 0.5) is 0 Å². The molecule has 372 valence electrons. The molecule has 0 aromatic rings. The van der Waals surface area contributed by atoms with Crippen molar-refractivity contribution < 1.29 is 49.0 Å². The largest absolute Gasteiger partial charge is 0.462 e. The number of aliphatic hydroxyl groups excluding tert-OH is 4. The topological polar surface area (TPSA) is 152 Å². The van der Waals surface area contributed by atoms with Crippen molar-refractivity contribution in [2.75, 3.05) is 19.8 Å². The molecular weight excluding hydrogens is 821 g/mol. The average molecular weight is 913 g/mol. The van der Waals surface area contributed by atoms with Gasteiger partial charge in [-0.3, -0.25) is 9.59 Å². The molecule has 0 spiro atoms. The van der Waals surface area contributed by atoms with Crippen molar-refractivity contribution in [3.05, 3.63) is 85.1 Å². The summed E-state index contributed by atoms with van der Waals surface area (Å²) in [6.07, 6.45) is 51.8. The number of hydrogen-bond donors (Lipinski definition) is 4. The van der Waals surface area contributed by atoms with E-state index in [2.05, 4.69) is 86.8 Å². The van der Waals surface area contributed by atoms with Crippen molar-refractivity contribution in [2.45, 2.75) is 230 Å². The molecule has 0 saturated carbocycles. The molecule has 4 N–H and O–H groups in total. The Balaban J connectivity index is 2.31.